The van der Waals surface area contributed by atoms with Crippen LogP contribution in [0.1, 0.15) is 53.4 Å². The minimum Gasteiger partial charge on any atom is -0.304 e. The van der Waals surface area contributed by atoms with Crippen LogP contribution in [0.15, 0.2) is 0 Å². The molecule has 0 unspecified atom stereocenters. The van der Waals surface area contributed by atoms with E-state index in [4.69, 9.17) is 0 Å². The summed E-state index contributed by atoms with van der Waals surface area (Å²) in [6.07, 6.45) is 5.60. The Morgan fingerprint density at radius 2 is 1.50 bits per heavy atom. The fraction of sp³-hybridized carbons (Fsp3) is 1.00. The highest BCUT2D eigenvalue weighted by molar-refractivity contribution is 4.84. The molecule has 0 radical (unpaired) electrons. The first-order valence-electron chi connectivity index (χ1n) is 9.62. The van der Waals surface area contributed by atoms with Crippen molar-refractivity contribution in [2.45, 2.75) is 65.5 Å². The minimum atomic E-state index is 0.684. The second kappa shape index (κ2) is 8.65. The standard InChI is InChI=1S/C19H39N3/c1-16(2)14-21-10-8-19(9-11-21)22-12-6-18(7-13-22)15-20(5)17(3)4/h16-19H,6-15H2,1-5H3. The maximum atomic E-state index is 2.80. The SMILES string of the molecule is CC(C)CN1CCC(N2CCC(CN(C)C(C)C)CC2)CC1. The van der Waals surface area contributed by atoms with Crippen molar-refractivity contribution in [1.82, 2.24) is 14.7 Å². The third kappa shape index (κ3) is 5.50. The molecule has 0 aromatic carbocycles. The second-order valence-corrected chi connectivity index (χ2v) is 8.44. The van der Waals surface area contributed by atoms with Crippen molar-refractivity contribution in [2.24, 2.45) is 11.8 Å². The van der Waals surface area contributed by atoms with E-state index in [1.54, 1.807) is 0 Å². The third-order valence-electron chi connectivity index (χ3n) is 5.77. The summed E-state index contributed by atoms with van der Waals surface area (Å²) in [7, 11) is 2.28. The highest BCUT2D eigenvalue weighted by Gasteiger charge is 2.28. The Hall–Kier alpha value is -0.120. The lowest BCUT2D eigenvalue weighted by atomic mass is 9.92. The lowest BCUT2D eigenvalue weighted by Gasteiger charge is -2.42. The van der Waals surface area contributed by atoms with Crippen LogP contribution >= 0.6 is 0 Å². The van der Waals surface area contributed by atoms with Gasteiger partial charge in [-0.1, -0.05) is 13.8 Å². The Balaban J connectivity index is 1.67. The van der Waals surface area contributed by atoms with Gasteiger partial charge < -0.3 is 14.7 Å². The van der Waals surface area contributed by atoms with Crippen LogP contribution in [0.25, 0.3) is 0 Å². The Labute approximate surface area is 139 Å². The molecule has 2 aliphatic rings. The van der Waals surface area contributed by atoms with Gasteiger partial charge in [0.25, 0.3) is 0 Å². The first-order chi connectivity index (χ1) is 10.5. The molecule has 0 saturated carbocycles. The van der Waals surface area contributed by atoms with Crippen LogP contribution in [0.3, 0.4) is 0 Å². The lowest BCUT2D eigenvalue weighted by Crippen LogP contribution is -2.49. The fourth-order valence-electron chi connectivity index (χ4n) is 4.10. The van der Waals surface area contributed by atoms with Gasteiger partial charge in [-0.15, -0.1) is 0 Å². The number of nitrogens with zero attached hydrogens (tertiary/aromatic N) is 3. The first kappa shape index (κ1) is 18.2. The van der Waals surface area contributed by atoms with Crippen LogP contribution < -0.4 is 0 Å². The highest BCUT2D eigenvalue weighted by atomic mass is 15.2. The van der Waals surface area contributed by atoms with Gasteiger partial charge in [-0.3, -0.25) is 0 Å². The van der Waals surface area contributed by atoms with Crippen LogP contribution in [0.2, 0.25) is 0 Å². The van der Waals surface area contributed by atoms with Crippen LogP contribution in [-0.2, 0) is 0 Å². The van der Waals surface area contributed by atoms with E-state index >= 15 is 0 Å². The van der Waals surface area contributed by atoms with Gasteiger partial charge >= 0.3 is 0 Å². The summed E-state index contributed by atoms with van der Waals surface area (Å²) >= 11 is 0. The Morgan fingerprint density at radius 3 is 2.00 bits per heavy atom. The van der Waals surface area contributed by atoms with E-state index in [2.05, 4.69) is 49.4 Å². The zero-order valence-corrected chi connectivity index (χ0v) is 15.7. The van der Waals surface area contributed by atoms with Gasteiger partial charge in [0.15, 0.2) is 0 Å². The molecular weight excluding hydrogens is 270 g/mol. The van der Waals surface area contributed by atoms with Gasteiger partial charge in [-0.25, -0.2) is 0 Å². The van der Waals surface area contributed by atoms with Crippen LogP contribution in [0, 0.1) is 11.8 Å². The molecule has 2 aliphatic heterocycles. The highest BCUT2D eigenvalue weighted by Crippen LogP contribution is 2.25. The number of rotatable bonds is 6. The Kier molecular flexibility index (Phi) is 7.17. The van der Waals surface area contributed by atoms with Crippen molar-refractivity contribution in [2.75, 3.05) is 46.3 Å². The average Bonchev–Trinajstić information content (AvgIpc) is 2.48. The van der Waals surface area contributed by atoms with Crippen molar-refractivity contribution in [3.05, 3.63) is 0 Å². The molecule has 0 aromatic rings. The Morgan fingerprint density at radius 1 is 0.909 bits per heavy atom. The van der Waals surface area contributed by atoms with E-state index in [1.165, 1.54) is 65.0 Å². The molecule has 0 N–H and O–H groups in total. The lowest BCUT2D eigenvalue weighted by molar-refractivity contribution is 0.0655. The average molecular weight is 310 g/mol. The quantitative estimate of drug-likeness (QED) is 0.746. The van der Waals surface area contributed by atoms with Gasteiger partial charge in [0.05, 0.1) is 0 Å². The zero-order valence-electron chi connectivity index (χ0n) is 15.7. The summed E-state index contributed by atoms with van der Waals surface area (Å²) in [5, 5.41) is 0. The largest absolute Gasteiger partial charge is 0.304 e. The fourth-order valence-corrected chi connectivity index (χ4v) is 4.10. The molecule has 2 saturated heterocycles. The summed E-state index contributed by atoms with van der Waals surface area (Å²) in [6, 6.07) is 1.55. The molecule has 2 fully saturated rings. The van der Waals surface area contributed by atoms with Crippen molar-refractivity contribution < 1.29 is 0 Å². The van der Waals surface area contributed by atoms with E-state index in [1.807, 2.05) is 0 Å². The van der Waals surface area contributed by atoms with Gasteiger partial charge in [0.2, 0.25) is 0 Å². The molecule has 3 nitrogen and oxygen atoms in total. The molecule has 0 atom stereocenters. The molecular formula is C19H39N3. The maximum Gasteiger partial charge on any atom is 0.0120 e. The summed E-state index contributed by atoms with van der Waals surface area (Å²) in [5.74, 6) is 1.73. The van der Waals surface area contributed by atoms with Gasteiger partial charge in [0, 0.05) is 25.2 Å². The van der Waals surface area contributed by atoms with Crippen molar-refractivity contribution in [3.63, 3.8) is 0 Å². The van der Waals surface area contributed by atoms with Gasteiger partial charge in [-0.2, -0.15) is 0 Å². The van der Waals surface area contributed by atoms with E-state index < -0.39 is 0 Å². The summed E-state index contributed by atoms with van der Waals surface area (Å²) < 4.78 is 0. The molecule has 0 bridgehead atoms. The summed E-state index contributed by atoms with van der Waals surface area (Å²) in [6.45, 7) is 17.2. The first-order valence-corrected chi connectivity index (χ1v) is 9.62. The second-order valence-electron chi connectivity index (χ2n) is 8.44. The number of likely N-dealkylation sites (tertiary alicyclic amines) is 2. The zero-order chi connectivity index (χ0) is 16.1. The monoisotopic (exact) mass is 309 g/mol. The molecule has 2 rings (SSSR count). The molecule has 0 aromatic heterocycles. The van der Waals surface area contributed by atoms with E-state index in [-0.39, 0.29) is 0 Å². The Bertz CT molecular complexity index is 300. The molecule has 0 spiro atoms. The van der Waals surface area contributed by atoms with Crippen molar-refractivity contribution in [3.8, 4) is 0 Å². The molecule has 0 aliphatic carbocycles. The van der Waals surface area contributed by atoms with Crippen LogP contribution in [-0.4, -0.2) is 73.1 Å². The summed E-state index contributed by atoms with van der Waals surface area (Å²) in [4.78, 5) is 7.99. The van der Waals surface area contributed by atoms with E-state index in [0.717, 1.165) is 17.9 Å². The number of piperidine rings is 2. The van der Waals surface area contributed by atoms with Crippen LogP contribution in [0.5, 0.6) is 0 Å². The van der Waals surface area contributed by atoms with Gasteiger partial charge in [0.1, 0.15) is 0 Å². The van der Waals surface area contributed by atoms with Crippen molar-refractivity contribution >= 4 is 0 Å². The predicted octanol–water partition coefficient (Wildman–Crippen LogP) is 3.16. The van der Waals surface area contributed by atoms with E-state index in [0.29, 0.717) is 6.04 Å². The molecule has 3 heteroatoms. The number of hydrogen-bond donors (Lipinski definition) is 0. The van der Waals surface area contributed by atoms with Crippen molar-refractivity contribution in [1.29, 1.82) is 0 Å². The topological polar surface area (TPSA) is 9.72 Å². The minimum absolute atomic E-state index is 0.684. The predicted molar refractivity (Wildman–Crippen MR) is 96.4 cm³/mol. The molecule has 0 amide bonds. The number of hydrogen-bond acceptors (Lipinski definition) is 3. The summed E-state index contributed by atoms with van der Waals surface area (Å²) in [5.41, 5.74) is 0. The van der Waals surface area contributed by atoms with Crippen LogP contribution in [0.4, 0.5) is 0 Å². The normalized spacial score (nSPS) is 24.0. The third-order valence-corrected chi connectivity index (χ3v) is 5.77. The molecule has 130 valence electrons. The molecule has 22 heavy (non-hydrogen) atoms. The molecule has 2 heterocycles. The maximum absolute atomic E-state index is 2.80. The van der Waals surface area contributed by atoms with E-state index in [9.17, 15) is 0 Å². The van der Waals surface area contributed by atoms with Gasteiger partial charge in [-0.05, 0) is 84.6 Å². The smallest absolute Gasteiger partial charge is 0.0120 e.